The van der Waals surface area contributed by atoms with Crippen molar-refractivity contribution in [2.45, 2.75) is 4.90 Å². The molecule has 0 fully saturated rings. The number of aromatic nitrogens is 1. The van der Waals surface area contributed by atoms with E-state index < -0.39 is 0 Å². The number of nitrogens with zero attached hydrogens (tertiary/aromatic N) is 2. The van der Waals surface area contributed by atoms with Crippen LogP contribution in [-0.4, -0.2) is 14.2 Å². The van der Waals surface area contributed by atoms with Crippen molar-refractivity contribution >= 4 is 55.9 Å². The molecule has 5 rings (SSSR count). The number of benzene rings is 3. The molecule has 0 spiro atoms. The van der Waals surface area contributed by atoms with Gasteiger partial charge in [-0.15, -0.1) is 0 Å². The lowest BCUT2D eigenvalue weighted by molar-refractivity contribution is -0.641. The molecule has 0 bridgehead atoms. The molecule has 134 valence electrons. The first-order valence-corrected chi connectivity index (χ1v) is 10.4. The Kier molecular flexibility index (Phi) is 3.88. The van der Waals surface area contributed by atoms with Crippen molar-refractivity contribution in [3.8, 4) is 5.75 Å². The number of thioether (sulfide) groups is 1. The van der Waals surface area contributed by atoms with Crippen LogP contribution in [-0.2, 0) is 7.05 Å². The van der Waals surface area contributed by atoms with E-state index in [0.29, 0.717) is 0 Å². The summed E-state index contributed by atoms with van der Waals surface area (Å²) in [5.74, 6) is 0.890. The van der Waals surface area contributed by atoms with E-state index in [1.54, 1.807) is 18.9 Å². The van der Waals surface area contributed by atoms with Crippen LogP contribution in [0.5, 0.6) is 5.75 Å². The van der Waals surface area contributed by atoms with Gasteiger partial charge in [0.25, 0.3) is 5.01 Å². The SMILES string of the molecule is COc1ccc2c(c1)N(C)/C(=C/c1sc3ccc4ccccc4c3[n+]1C)S2. The second-order valence-corrected chi connectivity index (χ2v) is 8.73. The zero-order valence-electron chi connectivity index (χ0n) is 15.4. The van der Waals surface area contributed by atoms with Crippen LogP contribution in [0.1, 0.15) is 5.01 Å². The molecule has 0 saturated carbocycles. The maximum absolute atomic E-state index is 5.38. The molecule has 3 nitrogen and oxygen atoms in total. The highest BCUT2D eigenvalue weighted by molar-refractivity contribution is 8.03. The normalized spacial score (nSPS) is 15.1. The quantitative estimate of drug-likeness (QED) is 0.424. The number of rotatable bonds is 2. The molecule has 0 saturated heterocycles. The largest absolute Gasteiger partial charge is 0.497 e. The first-order valence-electron chi connectivity index (χ1n) is 8.77. The highest BCUT2D eigenvalue weighted by Gasteiger charge is 2.25. The van der Waals surface area contributed by atoms with E-state index in [2.05, 4.69) is 78.2 Å². The molecule has 0 radical (unpaired) electrons. The Labute approximate surface area is 166 Å². The number of thiazole rings is 1. The molecular weight excluding hydrogens is 372 g/mol. The summed E-state index contributed by atoms with van der Waals surface area (Å²) in [6, 6.07) is 19.3. The Morgan fingerprint density at radius 1 is 1.07 bits per heavy atom. The minimum atomic E-state index is 0.890. The van der Waals surface area contributed by atoms with Gasteiger partial charge in [-0.1, -0.05) is 47.4 Å². The maximum atomic E-state index is 5.38. The van der Waals surface area contributed by atoms with Crippen molar-refractivity contribution in [2.75, 3.05) is 19.1 Å². The first-order chi connectivity index (χ1) is 13.2. The van der Waals surface area contributed by atoms with Crippen molar-refractivity contribution in [1.82, 2.24) is 0 Å². The van der Waals surface area contributed by atoms with Gasteiger partial charge in [0.1, 0.15) is 17.5 Å². The number of aryl methyl sites for hydroxylation is 1. The van der Waals surface area contributed by atoms with Crippen molar-refractivity contribution in [2.24, 2.45) is 7.05 Å². The summed E-state index contributed by atoms with van der Waals surface area (Å²) >= 11 is 3.64. The van der Waals surface area contributed by atoms with Gasteiger partial charge in [0.15, 0.2) is 0 Å². The Hall–Kier alpha value is -2.50. The fraction of sp³-hybridized carbons (Fsp3) is 0.136. The summed E-state index contributed by atoms with van der Waals surface area (Å²) in [7, 11) is 5.99. The van der Waals surface area contributed by atoms with Gasteiger partial charge in [-0.25, -0.2) is 0 Å². The van der Waals surface area contributed by atoms with Crippen LogP contribution in [0.3, 0.4) is 0 Å². The molecule has 2 heterocycles. The lowest BCUT2D eigenvalue weighted by Crippen LogP contribution is -2.29. The average Bonchev–Trinajstić information content (AvgIpc) is 3.19. The monoisotopic (exact) mass is 391 g/mol. The maximum Gasteiger partial charge on any atom is 0.265 e. The van der Waals surface area contributed by atoms with E-state index in [1.807, 2.05) is 17.4 Å². The molecule has 0 atom stereocenters. The van der Waals surface area contributed by atoms with Gasteiger partial charge in [-0.3, -0.25) is 0 Å². The summed E-state index contributed by atoms with van der Waals surface area (Å²) in [5.41, 5.74) is 2.49. The number of ether oxygens (including phenoxy) is 1. The van der Waals surface area contributed by atoms with Crippen LogP contribution < -0.4 is 14.2 Å². The number of methoxy groups -OCH3 is 1. The van der Waals surface area contributed by atoms with Crippen LogP contribution in [0.15, 0.2) is 64.5 Å². The van der Waals surface area contributed by atoms with E-state index >= 15 is 0 Å². The lowest BCUT2D eigenvalue weighted by Gasteiger charge is -2.13. The molecule has 0 amide bonds. The van der Waals surface area contributed by atoms with E-state index in [9.17, 15) is 0 Å². The van der Waals surface area contributed by atoms with Crippen LogP contribution in [0.4, 0.5) is 5.69 Å². The number of anilines is 1. The zero-order chi connectivity index (χ0) is 18.5. The molecule has 0 unspecified atom stereocenters. The second kappa shape index (κ2) is 6.29. The van der Waals surface area contributed by atoms with Gasteiger partial charge in [0, 0.05) is 18.0 Å². The lowest BCUT2D eigenvalue weighted by atomic mass is 10.1. The molecule has 3 aromatic carbocycles. The molecule has 4 aromatic rings. The Balaban J connectivity index is 1.62. The summed E-state index contributed by atoms with van der Waals surface area (Å²) in [4.78, 5) is 3.50. The van der Waals surface area contributed by atoms with Gasteiger partial charge >= 0.3 is 0 Å². The molecule has 1 aliphatic rings. The predicted molar refractivity (Wildman–Crippen MR) is 116 cm³/mol. The third kappa shape index (κ3) is 2.61. The van der Waals surface area contributed by atoms with Gasteiger partial charge in [0.05, 0.1) is 29.3 Å². The Morgan fingerprint density at radius 2 is 1.93 bits per heavy atom. The molecule has 1 aliphatic heterocycles. The molecule has 27 heavy (non-hydrogen) atoms. The standard InChI is InChI=1S/C22H19N2OS2/c1-23-17-12-15(25-3)9-11-18(17)26-20(23)13-21-24(2)22-16-7-5-4-6-14(16)8-10-19(22)27-21/h4-13H,1-3H3/q+1. The number of hydrogen-bond donors (Lipinski definition) is 0. The van der Waals surface area contributed by atoms with Gasteiger partial charge in [-0.2, -0.15) is 4.57 Å². The molecule has 5 heteroatoms. The topological polar surface area (TPSA) is 16.4 Å². The van der Waals surface area contributed by atoms with Crippen LogP contribution in [0.25, 0.3) is 27.1 Å². The summed E-state index contributed by atoms with van der Waals surface area (Å²) < 4.78 is 9.01. The average molecular weight is 392 g/mol. The Morgan fingerprint density at radius 3 is 2.78 bits per heavy atom. The summed E-state index contributed by atoms with van der Waals surface area (Å²) in [5, 5.41) is 5.06. The van der Waals surface area contributed by atoms with Crippen molar-refractivity contribution in [3.63, 3.8) is 0 Å². The third-order valence-corrected chi connectivity index (χ3v) is 7.38. The van der Waals surface area contributed by atoms with Gasteiger partial charge in [-0.05, 0) is 29.7 Å². The van der Waals surface area contributed by atoms with E-state index in [-0.39, 0.29) is 0 Å². The van der Waals surface area contributed by atoms with Gasteiger partial charge < -0.3 is 9.64 Å². The van der Waals surface area contributed by atoms with Crippen molar-refractivity contribution in [3.05, 3.63) is 64.6 Å². The summed E-state index contributed by atoms with van der Waals surface area (Å²) in [6.45, 7) is 0. The van der Waals surface area contributed by atoms with Crippen LogP contribution in [0, 0.1) is 0 Å². The molecule has 0 aliphatic carbocycles. The number of fused-ring (bicyclic) bond motifs is 4. The zero-order valence-corrected chi connectivity index (χ0v) is 17.0. The smallest absolute Gasteiger partial charge is 0.265 e. The minimum absolute atomic E-state index is 0.890. The van der Waals surface area contributed by atoms with Crippen LogP contribution >= 0.6 is 23.1 Å². The number of hydrogen-bond acceptors (Lipinski definition) is 4. The Bertz CT molecular complexity index is 1230. The van der Waals surface area contributed by atoms with Gasteiger partial charge in [0.2, 0.25) is 5.52 Å². The molecule has 0 N–H and O–H groups in total. The highest BCUT2D eigenvalue weighted by atomic mass is 32.2. The fourth-order valence-corrected chi connectivity index (χ4v) is 5.83. The fourth-order valence-electron chi connectivity index (χ4n) is 3.59. The van der Waals surface area contributed by atoms with E-state index in [4.69, 9.17) is 4.74 Å². The van der Waals surface area contributed by atoms with Crippen molar-refractivity contribution < 1.29 is 9.30 Å². The van der Waals surface area contributed by atoms with E-state index in [0.717, 1.165) is 5.75 Å². The van der Waals surface area contributed by atoms with Crippen LogP contribution in [0.2, 0.25) is 0 Å². The van der Waals surface area contributed by atoms with Crippen molar-refractivity contribution in [1.29, 1.82) is 0 Å². The molecular formula is C22H19N2OS2+. The minimum Gasteiger partial charge on any atom is -0.497 e. The third-order valence-electron chi connectivity index (χ3n) is 5.06. The predicted octanol–water partition coefficient (Wildman–Crippen LogP) is 5.43. The van der Waals surface area contributed by atoms with E-state index in [1.165, 1.54) is 41.6 Å². The first kappa shape index (κ1) is 16.7. The molecule has 1 aromatic heterocycles. The second-order valence-electron chi connectivity index (χ2n) is 6.61. The summed E-state index contributed by atoms with van der Waals surface area (Å²) in [6.07, 6.45) is 2.29. The highest BCUT2D eigenvalue weighted by Crippen LogP contribution is 2.47.